The zero-order valence-electron chi connectivity index (χ0n) is 13.4. The Labute approximate surface area is 138 Å². The quantitative estimate of drug-likeness (QED) is 0.842. The molecule has 0 saturated heterocycles. The molecule has 0 aliphatic carbocycles. The van der Waals surface area contributed by atoms with Gasteiger partial charge in [-0.2, -0.15) is 5.10 Å². The molecule has 0 spiro atoms. The molecule has 2 aliphatic heterocycles. The Hall–Kier alpha value is -2.71. The lowest BCUT2D eigenvalue weighted by atomic mass is 9.89. The van der Waals surface area contributed by atoms with Gasteiger partial charge in [-0.25, -0.2) is 14.3 Å². The summed E-state index contributed by atoms with van der Waals surface area (Å²) in [6.45, 7) is 0.673. The lowest BCUT2D eigenvalue weighted by molar-refractivity contribution is -0.123. The monoisotopic (exact) mass is 329 g/mol. The predicted octanol–water partition coefficient (Wildman–Crippen LogP) is 0.134. The van der Waals surface area contributed by atoms with Gasteiger partial charge in [0.25, 0.3) is 5.91 Å². The van der Waals surface area contributed by atoms with Crippen LogP contribution in [0, 0.1) is 5.92 Å². The van der Waals surface area contributed by atoms with Crippen LogP contribution in [0.5, 0.6) is 0 Å². The van der Waals surface area contributed by atoms with E-state index in [-0.39, 0.29) is 23.7 Å². The van der Waals surface area contributed by atoms with E-state index in [1.165, 1.54) is 0 Å². The molecule has 0 aromatic carbocycles. The summed E-state index contributed by atoms with van der Waals surface area (Å²) in [5.74, 6) is 0.744. The second-order valence-electron chi connectivity index (χ2n) is 6.33. The lowest BCUT2D eigenvalue weighted by Crippen LogP contribution is -2.38. The van der Waals surface area contributed by atoms with E-state index in [9.17, 15) is 9.59 Å². The number of amides is 2. The van der Waals surface area contributed by atoms with Crippen molar-refractivity contribution in [3.05, 3.63) is 23.9 Å². The van der Waals surface area contributed by atoms with E-state index in [1.54, 1.807) is 22.8 Å². The van der Waals surface area contributed by atoms with E-state index >= 15 is 0 Å². The molecular formula is C15H19N7O2. The topological polar surface area (TPSA) is 112 Å². The summed E-state index contributed by atoms with van der Waals surface area (Å²) >= 11 is 0. The molecule has 0 radical (unpaired) electrons. The third-order valence-electron chi connectivity index (χ3n) is 4.94. The summed E-state index contributed by atoms with van der Waals surface area (Å²) in [5, 5.41) is 8.55. The maximum Gasteiger partial charge on any atom is 0.288 e. The van der Waals surface area contributed by atoms with Gasteiger partial charge in [-0.3, -0.25) is 14.5 Å². The summed E-state index contributed by atoms with van der Waals surface area (Å²) in [7, 11) is 1.77. The first-order chi connectivity index (χ1) is 11.6. The molecule has 2 amide bonds. The van der Waals surface area contributed by atoms with E-state index in [2.05, 4.69) is 15.2 Å². The molecule has 2 N–H and O–H groups in total. The fraction of sp³-hybridized carbons (Fsp3) is 0.533. The summed E-state index contributed by atoms with van der Waals surface area (Å²) < 4.78 is 3.59. The number of hydrogen-bond acceptors (Lipinski definition) is 5. The van der Waals surface area contributed by atoms with Crippen LogP contribution < -0.4 is 10.6 Å². The first-order valence-corrected chi connectivity index (χ1v) is 8.11. The fourth-order valence-electron chi connectivity index (χ4n) is 3.75. The molecule has 9 heteroatoms. The number of carbonyl (C=O) groups is 2. The van der Waals surface area contributed by atoms with Crippen molar-refractivity contribution in [3.63, 3.8) is 0 Å². The van der Waals surface area contributed by atoms with Gasteiger partial charge < -0.3 is 5.73 Å². The molecule has 0 fully saturated rings. The minimum absolute atomic E-state index is 0.0271. The zero-order chi connectivity index (χ0) is 16.8. The van der Waals surface area contributed by atoms with Crippen molar-refractivity contribution in [1.82, 2.24) is 24.5 Å². The average Bonchev–Trinajstić information content (AvgIpc) is 3.18. The van der Waals surface area contributed by atoms with Gasteiger partial charge in [0.2, 0.25) is 11.7 Å². The van der Waals surface area contributed by atoms with Gasteiger partial charge in [0.15, 0.2) is 0 Å². The van der Waals surface area contributed by atoms with Gasteiger partial charge in [0, 0.05) is 26.1 Å². The van der Waals surface area contributed by atoms with Crippen LogP contribution in [0.2, 0.25) is 0 Å². The molecule has 24 heavy (non-hydrogen) atoms. The summed E-state index contributed by atoms with van der Waals surface area (Å²) in [6, 6.07) is 1.74. The molecule has 4 heterocycles. The summed E-state index contributed by atoms with van der Waals surface area (Å²) in [5.41, 5.74) is 5.30. The highest BCUT2D eigenvalue weighted by atomic mass is 16.2. The van der Waals surface area contributed by atoms with Crippen LogP contribution in [-0.4, -0.2) is 43.4 Å². The van der Waals surface area contributed by atoms with Crippen molar-refractivity contribution in [3.8, 4) is 0 Å². The third-order valence-corrected chi connectivity index (χ3v) is 4.94. The summed E-state index contributed by atoms with van der Waals surface area (Å²) in [6.07, 6.45) is 4.87. The minimum atomic E-state index is -0.639. The Morgan fingerprint density at radius 2 is 2.21 bits per heavy atom. The van der Waals surface area contributed by atoms with Crippen molar-refractivity contribution < 1.29 is 9.59 Å². The Bertz CT molecular complexity index is 809. The molecule has 2 aromatic rings. The Morgan fingerprint density at radius 3 is 3.00 bits per heavy atom. The van der Waals surface area contributed by atoms with Crippen molar-refractivity contribution in [2.45, 2.75) is 38.3 Å². The molecule has 0 bridgehead atoms. The Morgan fingerprint density at radius 1 is 1.38 bits per heavy atom. The van der Waals surface area contributed by atoms with Crippen LogP contribution in [-0.2, 0) is 17.8 Å². The van der Waals surface area contributed by atoms with Gasteiger partial charge in [0.1, 0.15) is 11.6 Å². The van der Waals surface area contributed by atoms with E-state index in [0.29, 0.717) is 13.0 Å². The van der Waals surface area contributed by atoms with Crippen molar-refractivity contribution in [1.29, 1.82) is 0 Å². The SMILES string of the molecule is CN1C(=O)[C@H](C2CCCc3nc(C(N)=O)nn32)CCn2nccc21. The maximum atomic E-state index is 13.0. The molecule has 2 atom stereocenters. The van der Waals surface area contributed by atoms with Gasteiger partial charge in [-0.15, -0.1) is 5.10 Å². The van der Waals surface area contributed by atoms with Gasteiger partial charge >= 0.3 is 0 Å². The van der Waals surface area contributed by atoms with Gasteiger partial charge in [0.05, 0.1) is 18.2 Å². The number of primary amides is 1. The van der Waals surface area contributed by atoms with Gasteiger partial charge in [-0.1, -0.05) is 0 Å². The average molecular weight is 329 g/mol. The number of aromatic nitrogens is 5. The molecular weight excluding hydrogens is 310 g/mol. The minimum Gasteiger partial charge on any atom is -0.363 e. The first-order valence-electron chi connectivity index (χ1n) is 8.11. The number of anilines is 1. The van der Waals surface area contributed by atoms with Crippen LogP contribution in [0.1, 0.15) is 41.7 Å². The predicted molar refractivity (Wildman–Crippen MR) is 84.3 cm³/mol. The van der Waals surface area contributed by atoms with E-state index in [0.717, 1.165) is 30.9 Å². The molecule has 1 unspecified atom stereocenters. The highest BCUT2D eigenvalue weighted by molar-refractivity contribution is 5.94. The third kappa shape index (κ3) is 2.19. The molecule has 126 valence electrons. The standard InChI is InChI=1S/C15H19N7O2/c1-20-12-5-7-17-21(12)8-6-9(15(20)24)10-3-2-4-11-18-14(13(16)23)19-22(10)11/h5,7,9-10H,2-4,6,8H2,1H3,(H2,16,23)/t9-,10?/m0/s1. The van der Waals surface area contributed by atoms with Crippen molar-refractivity contribution in [2.75, 3.05) is 11.9 Å². The molecule has 2 aromatic heterocycles. The zero-order valence-corrected chi connectivity index (χ0v) is 13.4. The lowest BCUT2D eigenvalue weighted by Gasteiger charge is -2.30. The number of rotatable bonds is 2. The van der Waals surface area contributed by atoms with Crippen LogP contribution in [0.25, 0.3) is 0 Å². The number of carbonyl (C=O) groups excluding carboxylic acids is 2. The second kappa shape index (κ2) is 5.43. The van der Waals surface area contributed by atoms with Crippen LogP contribution in [0.3, 0.4) is 0 Å². The van der Waals surface area contributed by atoms with E-state index in [4.69, 9.17) is 5.73 Å². The number of nitrogens with two attached hydrogens (primary N) is 1. The van der Waals surface area contributed by atoms with Crippen molar-refractivity contribution >= 4 is 17.6 Å². The number of hydrogen-bond donors (Lipinski definition) is 1. The van der Waals surface area contributed by atoms with Crippen LogP contribution in [0.15, 0.2) is 12.3 Å². The first kappa shape index (κ1) is 14.9. The summed E-state index contributed by atoms with van der Waals surface area (Å²) in [4.78, 5) is 30.3. The van der Waals surface area contributed by atoms with Crippen LogP contribution in [0.4, 0.5) is 5.82 Å². The number of aryl methyl sites for hydroxylation is 2. The number of nitrogens with zero attached hydrogens (tertiary/aromatic N) is 6. The maximum absolute atomic E-state index is 13.0. The fourth-order valence-corrected chi connectivity index (χ4v) is 3.75. The molecule has 2 aliphatic rings. The second-order valence-corrected chi connectivity index (χ2v) is 6.33. The molecule has 0 saturated carbocycles. The van der Waals surface area contributed by atoms with Crippen LogP contribution >= 0.6 is 0 Å². The largest absolute Gasteiger partial charge is 0.363 e. The Balaban J connectivity index is 1.69. The Kier molecular flexibility index (Phi) is 3.36. The van der Waals surface area contributed by atoms with Gasteiger partial charge in [-0.05, 0) is 19.3 Å². The highest BCUT2D eigenvalue weighted by Gasteiger charge is 2.38. The normalized spacial score (nSPS) is 23.5. The highest BCUT2D eigenvalue weighted by Crippen LogP contribution is 2.35. The van der Waals surface area contributed by atoms with E-state index in [1.807, 2.05) is 10.7 Å². The molecule has 9 nitrogen and oxygen atoms in total. The number of fused-ring (bicyclic) bond motifs is 2. The van der Waals surface area contributed by atoms with E-state index < -0.39 is 5.91 Å². The molecule has 4 rings (SSSR count). The smallest absolute Gasteiger partial charge is 0.288 e. The van der Waals surface area contributed by atoms with Crippen molar-refractivity contribution in [2.24, 2.45) is 11.7 Å².